The van der Waals surface area contributed by atoms with Gasteiger partial charge in [-0.25, -0.2) is 4.79 Å². The zero-order valence-corrected chi connectivity index (χ0v) is 16.1. The van der Waals surface area contributed by atoms with Gasteiger partial charge in [-0.05, 0) is 59.0 Å². The van der Waals surface area contributed by atoms with Gasteiger partial charge < -0.3 is 9.67 Å². The molecule has 0 amide bonds. The zero-order valence-electron chi connectivity index (χ0n) is 16.1. The van der Waals surface area contributed by atoms with Crippen molar-refractivity contribution in [2.75, 3.05) is 0 Å². The second-order valence-corrected chi connectivity index (χ2v) is 7.84. The average molecular weight is 382 g/mol. The van der Waals surface area contributed by atoms with Gasteiger partial charge in [-0.15, -0.1) is 0 Å². The van der Waals surface area contributed by atoms with Crippen LogP contribution in [-0.2, 0) is 13.0 Å². The lowest BCUT2D eigenvalue weighted by Crippen LogP contribution is -2.07. The van der Waals surface area contributed by atoms with E-state index in [0.29, 0.717) is 23.6 Å². The number of rotatable bonds is 6. The first-order valence-corrected chi connectivity index (χ1v) is 10.0. The summed E-state index contributed by atoms with van der Waals surface area (Å²) < 4.78 is 2.23. The highest BCUT2D eigenvalue weighted by Crippen LogP contribution is 2.40. The number of pyridine rings is 1. The Balaban J connectivity index is 1.46. The van der Waals surface area contributed by atoms with Crippen molar-refractivity contribution in [2.24, 2.45) is 0 Å². The quantitative estimate of drug-likeness (QED) is 0.495. The van der Waals surface area contributed by atoms with Crippen LogP contribution >= 0.6 is 0 Å². The second-order valence-electron chi connectivity index (χ2n) is 7.84. The summed E-state index contributed by atoms with van der Waals surface area (Å²) in [6.07, 6.45) is 6.74. The first-order valence-electron chi connectivity index (χ1n) is 10.0. The minimum Gasteiger partial charge on any atom is -0.478 e. The van der Waals surface area contributed by atoms with E-state index < -0.39 is 5.97 Å². The highest BCUT2D eigenvalue weighted by atomic mass is 16.4. The molecule has 0 bridgehead atoms. The SMILES string of the molecule is O=C(O)c1cc(C2CC2)cnc1Cc1ccc2ccn(Cc3ccccc3)c2c1. The molecule has 5 rings (SSSR count). The molecule has 2 aromatic carbocycles. The van der Waals surface area contributed by atoms with E-state index in [1.54, 1.807) is 0 Å². The van der Waals surface area contributed by atoms with E-state index in [0.717, 1.165) is 36.0 Å². The number of benzene rings is 2. The monoisotopic (exact) mass is 382 g/mol. The van der Waals surface area contributed by atoms with Crippen LogP contribution in [0.2, 0.25) is 0 Å². The van der Waals surface area contributed by atoms with Crippen molar-refractivity contribution in [1.82, 2.24) is 9.55 Å². The molecule has 0 spiro atoms. The van der Waals surface area contributed by atoms with Crippen LogP contribution in [0, 0.1) is 0 Å². The summed E-state index contributed by atoms with van der Waals surface area (Å²) in [6.45, 7) is 0.808. The van der Waals surface area contributed by atoms with Crippen molar-refractivity contribution >= 4 is 16.9 Å². The number of fused-ring (bicyclic) bond motifs is 1. The summed E-state index contributed by atoms with van der Waals surface area (Å²) in [4.78, 5) is 16.3. The molecule has 0 atom stereocenters. The minimum absolute atomic E-state index is 0.328. The number of carboxylic acid groups (broad SMARTS) is 1. The molecular weight excluding hydrogens is 360 g/mol. The maximum atomic E-state index is 11.8. The highest BCUT2D eigenvalue weighted by Gasteiger charge is 2.25. The summed E-state index contributed by atoms with van der Waals surface area (Å²) in [5, 5.41) is 10.9. The molecule has 1 aliphatic carbocycles. The van der Waals surface area contributed by atoms with Crippen LogP contribution < -0.4 is 0 Å². The molecular formula is C25H22N2O2. The normalized spacial score (nSPS) is 13.7. The first-order chi connectivity index (χ1) is 14.2. The Morgan fingerprint density at radius 1 is 1.03 bits per heavy atom. The topological polar surface area (TPSA) is 55.1 Å². The number of nitrogens with zero attached hydrogens (tertiary/aromatic N) is 2. The fourth-order valence-corrected chi connectivity index (χ4v) is 3.93. The Morgan fingerprint density at radius 2 is 1.86 bits per heavy atom. The highest BCUT2D eigenvalue weighted by molar-refractivity contribution is 5.89. The van der Waals surface area contributed by atoms with Crippen LogP contribution in [0.4, 0.5) is 0 Å². The molecule has 0 radical (unpaired) electrons. The van der Waals surface area contributed by atoms with Crippen molar-refractivity contribution in [3.05, 3.63) is 101 Å². The van der Waals surface area contributed by atoms with Crippen LogP contribution in [0.3, 0.4) is 0 Å². The summed E-state index contributed by atoms with van der Waals surface area (Å²) in [6, 6.07) is 20.6. The third-order valence-electron chi connectivity index (χ3n) is 5.68. The van der Waals surface area contributed by atoms with Gasteiger partial charge in [0.25, 0.3) is 0 Å². The van der Waals surface area contributed by atoms with Gasteiger partial charge in [0.1, 0.15) is 0 Å². The summed E-state index contributed by atoms with van der Waals surface area (Å²) in [7, 11) is 0. The molecule has 0 saturated heterocycles. The van der Waals surface area contributed by atoms with Gasteiger partial charge in [-0.1, -0.05) is 42.5 Å². The Labute approximate surface area is 169 Å². The lowest BCUT2D eigenvalue weighted by atomic mass is 10.0. The van der Waals surface area contributed by atoms with E-state index in [1.165, 1.54) is 10.9 Å². The number of hydrogen-bond acceptors (Lipinski definition) is 2. The molecule has 0 aliphatic heterocycles. The molecule has 4 heteroatoms. The van der Waals surface area contributed by atoms with Crippen molar-refractivity contribution in [3.63, 3.8) is 0 Å². The molecule has 2 heterocycles. The van der Waals surface area contributed by atoms with Crippen molar-refractivity contribution in [3.8, 4) is 0 Å². The van der Waals surface area contributed by atoms with E-state index in [1.807, 2.05) is 18.3 Å². The maximum absolute atomic E-state index is 11.8. The minimum atomic E-state index is -0.900. The fraction of sp³-hybridized carbons (Fsp3) is 0.200. The van der Waals surface area contributed by atoms with E-state index in [-0.39, 0.29) is 0 Å². The van der Waals surface area contributed by atoms with Gasteiger partial charge in [-0.2, -0.15) is 0 Å². The summed E-state index contributed by atoms with van der Waals surface area (Å²) in [5.41, 5.74) is 5.48. The van der Waals surface area contributed by atoms with Crippen molar-refractivity contribution in [2.45, 2.75) is 31.7 Å². The van der Waals surface area contributed by atoms with Crippen LogP contribution in [0.25, 0.3) is 10.9 Å². The molecule has 0 unspecified atom stereocenters. The molecule has 1 N–H and O–H groups in total. The molecule has 4 aromatic rings. The van der Waals surface area contributed by atoms with Gasteiger partial charge >= 0.3 is 5.97 Å². The third-order valence-corrected chi connectivity index (χ3v) is 5.68. The van der Waals surface area contributed by atoms with Gasteiger partial charge in [0.15, 0.2) is 0 Å². The second kappa shape index (κ2) is 7.21. The lowest BCUT2D eigenvalue weighted by Gasteiger charge is -2.10. The van der Waals surface area contributed by atoms with Crippen LogP contribution in [-0.4, -0.2) is 20.6 Å². The van der Waals surface area contributed by atoms with E-state index in [9.17, 15) is 9.90 Å². The molecule has 2 aromatic heterocycles. The number of carboxylic acids is 1. The van der Waals surface area contributed by atoms with Crippen molar-refractivity contribution in [1.29, 1.82) is 0 Å². The Morgan fingerprint density at radius 3 is 2.62 bits per heavy atom. The largest absolute Gasteiger partial charge is 0.478 e. The number of hydrogen-bond donors (Lipinski definition) is 1. The number of aromatic nitrogens is 2. The molecule has 144 valence electrons. The lowest BCUT2D eigenvalue weighted by molar-refractivity contribution is 0.0695. The van der Waals surface area contributed by atoms with Gasteiger partial charge in [0.2, 0.25) is 0 Å². The molecule has 1 saturated carbocycles. The average Bonchev–Trinajstić information content (AvgIpc) is 3.51. The molecule has 29 heavy (non-hydrogen) atoms. The van der Waals surface area contributed by atoms with Gasteiger partial charge in [0.05, 0.1) is 11.3 Å². The predicted octanol–water partition coefficient (Wildman–Crippen LogP) is 5.25. The predicted molar refractivity (Wildman–Crippen MR) is 113 cm³/mol. The van der Waals surface area contributed by atoms with Gasteiger partial charge in [0, 0.05) is 30.9 Å². The fourth-order valence-electron chi connectivity index (χ4n) is 3.93. The Hall–Kier alpha value is -3.40. The third kappa shape index (κ3) is 3.66. The van der Waals surface area contributed by atoms with Gasteiger partial charge in [-0.3, -0.25) is 4.98 Å². The number of aromatic carboxylic acids is 1. The van der Waals surface area contributed by atoms with Crippen LogP contribution in [0.15, 0.2) is 73.1 Å². The smallest absolute Gasteiger partial charge is 0.337 e. The standard InChI is InChI=1S/C25H22N2O2/c28-25(29)22-14-21(19-8-9-19)15-26-23(22)12-18-6-7-20-10-11-27(24(20)13-18)16-17-4-2-1-3-5-17/h1-7,10-11,13-15,19H,8-9,12,16H2,(H,28,29). The maximum Gasteiger partial charge on any atom is 0.337 e. The molecule has 1 fully saturated rings. The zero-order chi connectivity index (χ0) is 19.8. The molecule has 1 aliphatic rings. The van der Waals surface area contributed by atoms with Crippen LogP contribution in [0.1, 0.15) is 51.5 Å². The Kier molecular flexibility index (Phi) is 4.39. The van der Waals surface area contributed by atoms with E-state index >= 15 is 0 Å². The summed E-state index contributed by atoms with van der Waals surface area (Å²) in [5.74, 6) is -0.407. The van der Waals surface area contributed by atoms with Crippen molar-refractivity contribution < 1.29 is 9.90 Å². The Bertz CT molecular complexity index is 1190. The number of carbonyl (C=O) groups is 1. The van der Waals surface area contributed by atoms with Crippen LogP contribution in [0.5, 0.6) is 0 Å². The van der Waals surface area contributed by atoms with E-state index in [4.69, 9.17) is 0 Å². The van der Waals surface area contributed by atoms with E-state index in [2.05, 4.69) is 64.3 Å². The first kappa shape index (κ1) is 17.7. The molecule has 4 nitrogen and oxygen atoms in total. The summed E-state index contributed by atoms with van der Waals surface area (Å²) >= 11 is 0.